The Balaban J connectivity index is 2.37. The van der Waals surface area contributed by atoms with E-state index in [1.165, 1.54) is 25.2 Å². The second kappa shape index (κ2) is 5.87. The zero-order chi connectivity index (χ0) is 17.4. The lowest BCUT2D eigenvalue weighted by atomic mass is 9.79. The Labute approximate surface area is 129 Å². The zero-order valence-electron chi connectivity index (χ0n) is 12.0. The van der Waals surface area contributed by atoms with Crippen LogP contribution >= 0.6 is 0 Å². The summed E-state index contributed by atoms with van der Waals surface area (Å²) in [6.45, 7) is 1.14. The first-order valence-electron chi connectivity index (χ1n) is 6.70. The van der Waals surface area contributed by atoms with Crippen LogP contribution in [0.2, 0.25) is 0 Å². The van der Waals surface area contributed by atoms with Crippen molar-refractivity contribution >= 4 is 5.97 Å². The number of hydroxylamine groups is 2. The molecule has 0 bridgehead atoms. The highest BCUT2D eigenvalue weighted by molar-refractivity contribution is 5.86. The van der Waals surface area contributed by atoms with Crippen molar-refractivity contribution in [2.45, 2.75) is 24.7 Å². The third kappa shape index (κ3) is 2.80. The number of nitrogens with one attached hydrogen (secondary N) is 1. The van der Waals surface area contributed by atoms with Crippen LogP contribution < -0.4 is 11.1 Å². The fraction of sp³-hybridized carbons (Fsp3) is 0.462. The number of fused-ring (bicyclic) bond motifs is 1. The van der Waals surface area contributed by atoms with Crippen molar-refractivity contribution in [3.05, 3.63) is 35.7 Å². The summed E-state index contributed by atoms with van der Waals surface area (Å²) < 4.78 is 44.9. The van der Waals surface area contributed by atoms with Gasteiger partial charge in [0.1, 0.15) is 0 Å². The maximum atomic E-state index is 13.5. The van der Waals surface area contributed by atoms with Gasteiger partial charge < -0.3 is 15.8 Å². The average Bonchev–Trinajstić information content (AvgIpc) is 2.88. The lowest BCUT2D eigenvalue weighted by molar-refractivity contribution is -0.276. The molecule has 3 atom stereocenters. The van der Waals surface area contributed by atoms with Gasteiger partial charge in [0.25, 0.3) is 0 Å². The van der Waals surface area contributed by atoms with Gasteiger partial charge in [-0.05, 0) is 30.8 Å². The molecule has 10 heteroatoms. The van der Waals surface area contributed by atoms with E-state index in [4.69, 9.17) is 16.1 Å². The molecule has 128 valence electrons. The van der Waals surface area contributed by atoms with Gasteiger partial charge in [0.2, 0.25) is 5.54 Å². The van der Waals surface area contributed by atoms with Crippen molar-refractivity contribution in [2.75, 3.05) is 6.61 Å². The van der Waals surface area contributed by atoms with Gasteiger partial charge in [-0.3, -0.25) is 10.4 Å². The van der Waals surface area contributed by atoms with Gasteiger partial charge >= 0.3 is 12.1 Å². The Hall–Kier alpha value is -2.04. The molecule has 0 amide bonds. The number of hydrogen-bond donors (Lipinski definition) is 4. The molecule has 0 fully saturated rings. The van der Waals surface area contributed by atoms with E-state index in [0.717, 1.165) is 6.20 Å². The zero-order valence-corrected chi connectivity index (χ0v) is 12.0. The summed E-state index contributed by atoms with van der Waals surface area (Å²) in [5, 5.41) is 20.4. The Kier molecular flexibility index (Phi) is 4.42. The normalized spacial score (nSPS) is 25.7. The van der Waals surface area contributed by atoms with Gasteiger partial charge in [-0.25, -0.2) is 4.79 Å². The fourth-order valence-electron chi connectivity index (χ4n) is 2.55. The van der Waals surface area contributed by atoms with Gasteiger partial charge in [0.15, 0.2) is 0 Å². The highest BCUT2D eigenvalue weighted by Gasteiger charge is 2.63. The monoisotopic (exact) mass is 335 g/mol. The molecule has 5 N–H and O–H groups in total. The molecule has 2 rings (SSSR count). The van der Waals surface area contributed by atoms with Crippen LogP contribution in [0.5, 0.6) is 0 Å². The number of ether oxygens (including phenoxy) is 1. The van der Waals surface area contributed by atoms with Gasteiger partial charge in [0.05, 0.1) is 18.3 Å². The molecule has 0 radical (unpaired) electrons. The van der Waals surface area contributed by atoms with E-state index < -0.39 is 35.2 Å². The van der Waals surface area contributed by atoms with E-state index in [1.807, 2.05) is 0 Å². The Morgan fingerprint density at radius 2 is 2.13 bits per heavy atom. The topological polar surface area (TPSA) is 108 Å². The van der Waals surface area contributed by atoms with Crippen molar-refractivity contribution in [2.24, 2.45) is 11.7 Å². The van der Waals surface area contributed by atoms with E-state index in [-0.39, 0.29) is 17.5 Å². The van der Waals surface area contributed by atoms with Gasteiger partial charge in [-0.2, -0.15) is 13.2 Å². The first-order chi connectivity index (χ1) is 10.6. The van der Waals surface area contributed by atoms with Crippen LogP contribution in [-0.4, -0.2) is 46.0 Å². The highest BCUT2D eigenvalue weighted by Crippen LogP contribution is 2.42. The van der Waals surface area contributed by atoms with Crippen LogP contribution in [0, 0.1) is 5.92 Å². The molecule has 0 spiro atoms. The molecule has 1 aliphatic carbocycles. The number of esters is 1. The maximum absolute atomic E-state index is 13.5. The van der Waals surface area contributed by atoms with Crippen LogP contribution in [0.3, 0.4) is 0 Å². The van der Waals surface area contributed by atoms with Crippen LogP contribution in [0.25, 0.3) is 0 Å². The predicted molar refractivity (Wildman–Crippen MR) is 70.7 cm³/mol. The molecule has 0 aromatic carbocycles. The molecule has 1 heterocycles. The molecule has 23 heavy (non-hydrogen) atoms. The van der Waals surface area contributed by atoms with Crippen LogP contribution in [-0.2, 0) is 9.53 Å². The number of nitrogens with zero attached hydrogens (tertiary/aromatic N) is 1. The summed E-state index contributed by atoms with van der Waals surface area (Å²) in [4.78, 5) is 11.9. The second-order valence-corrected chi connectivity index (χ2v) is 5.08. The Morgan fingerprint density at radius 3 is 2.65 bits per heavy atom. The fourth-order valence-corrected chi connectivity index (χ4v) is 2.55. The van der Waals surface area contributed by atoms with E-state index >= 15 is 0 Å². The van der Waals surface area contributed by atoms with E-state index in [1.54, 1.807) is 0 Å². The minimum absolute atomic E-state index is 0.0286. The van der Waals surface area contributed by atoms with Crippen molar-refractivity contribution in [3.63, 3.8) is 0 Å². The second-order valence-electron chi connectivity index (χ2n) is 5.08. The van der Waals surface area contributed by atoms with Gasteiger partial charge in [0, 0.05) is 5.92 Å². The number of halogens is 3. The molecule has 0 saturated heterocycles. The molecule has 3 unspecified atom stereocenters. The van der Waals surface area contributed by atoms with E-state index in [0.29, 0.717) is 0 Å². The lowest BCUT2D eigenvalue weighted by Gasteiger charge is -2.34. The number of rotatable bonds is 4. The molecule has 1 aliphatic heterocycles. The van der Waals surface area contributed by atoms with Crippen molar-refractivity contribution in [1.82, 2.24) is 10.5 Å². The summed E-state index contributed by atoms with van der Waals surface area (Å²) in [7, 11) is 0. The number of allylic oxidation sites excluding steroid dienone is 1. The standard InChI is InChI=1S/C13H16F3N3O4/c1-2-23-11(20)12(17,13(14,15)16)9-6-18-10-5-7(19(21)22)3-4-8(9)10/h3-6,8,10,18,21-22H,2,17H2,1H3. The van der Waals surface area contributed by atoms with Gasteiger partial charge in [-0.1, -0.05) is 6.08 Å². The Bertz CT molecular complexity index is 586. The summed E-state index contributed by atoms with van der Waals surface area (Å²) in [5.41, 5.74) is 1.72. The summed E-state index contributed by atoms with van der Waals surface area (Å²) in [6, 6.07) is -0.702. The predicted octanol–water partition coefficient (Wildman–Crippen LogP) is 0.815. The minimum Gasteiger partial charge on any atom is -0.464 e. The number of carbonyl (C=O) groups excluding carboxylic acids is 1. The quantitative estimate of drug-likeness (QED) is 0.445. The smallest absolute Gasteiger partial charge is 0.421 e. The SMILES string of the molecule is CCOC(=O)C(N)(C1=CNC2C=C(N(O)O)C=CC12)C(F)(F)F. The molecule has 7 nitrogen and oxygen atoms in total. The first kappa shape index (κ1) is 17.3. The number of alkyl halides is 3. The lowest BCUT2D eigenvalue weighted by Crippen LogP contribution is -2.62. The average molecular weight is 335 g/mol. The Morgan fingerprint density at radius 1 is 1.48 bits per heavy atom. The highest BCUT2D eigenvalue weighted by atomic mass is 19.4. The number of hydrogen-bond acceptors (Lipinski definition) is 7. The summed E-state index contributed by atoms with van der Waals surface area (Å²) in [6.07, 6.45) is -0.222. The van der Waals surface area contributed by atoms with Crippen molar-refractivity contribution in [1.29, 1.82) is 0 Å². The molecular formula is C13H16F3N3O4. The van der Waals surface area contributed by atoms with Gasteiger partial charge in [-0.15, -0.1) is 5.23 Å². The third-order valence-corrected chi connectivity index (χ3v) is 3.73. The number of carbonyl (C=O) groups is 1. The maximum Gasteiger partial charge on any atom is 0.421 e. The van der Waals surface area contributed by atoms with Crippen LogP contribution in [0.15, 0.2) is 35.7 Å². The minimum atomic E-state index is -5.06. The molecule has 2 aliphatic rings. The molecular weight excluding hydrogens is 319 g/mol. The molecule has 0 saturated carbocycles. The molecule has 0 aromatic heterocycles. The van der Waals surface area contributed by atoms with Crippen molar-refractivity contribution < 1.29 is 33.1 Å². The summed E-state index contributed by atoms with van der Waals surface area (Å²) in [5.74, 6) is -2.47. The van der Waals surface area contributed by atoms with Crippen LogP contribution in [0.1, 0.15) is 6.92 Å². The summed E-state index contributed by atoms with van der Waals surface area (Å²) >= 11 is 0. The van der Waals surface area contributed by atoms with Crippen molar-refractivity contribution in [3.8, 4) is 0 Å². The van der Waals surface area contributed by atoms with E-state index in [2.05, 4.69) is 10.1 Å². The van der Waals surface area contributed by atoms with E-state index in [9.17, 15) is 18.0 Å². The molecule has 0 aromatic rings. The largest absolute Gasteiger partial charge is 0.464 e. The van der Waals surface area contributed by atoms with Crippen LogP contribution in [0.4, 0.5) is 13.2 Å². The number of nitrogens with two attached hydrogens (primary N) is 1. The third-order valence-electron chi connectivity index (χ3n) is 3.73. The first-order valence-corrected chi connectivity index (χ1v) is 6.70.